The van der Waals surface area contributed by atoms with Crippen LogP contribution in [0.25, 0.3) is 10.9 Å². The van der Waals surface area contributed by atoms with Gasteiger partial charge in [-0.15, -0.1) is 0 Å². The van der Waals surface area contributed by atoms with Crippen LogP contribution in [0, 0.1) is 12.8 Å². The number of rotatable bonds is 3. The van der Waals surface area contributed by atoms with Crippen molar-refractivity contribution in [2.75, 3.05) is 31.6 Å². The molecule has 1 aromatic heterocycles. The fourth-order valence-electron chi connectivity index (χ4n) is 4.54. The number of ether oxygens (including phenoxy) is 1. The molecule has 2 aliphatic rings. The number of hydrogen-bond donors (Lipinski definition) is 0. The highest BCUT2D eigenvalue weighted by Gasteiger charge is 2.33. The number of aryl methyl sites for hydroxylation is 1. The van der Waals surface area contributed by atoms with Crippen molar-refractivity contribution < 1.29 is 9.53 Å². The van der Waals surface area contributed by atoms with E-state index in [1.807, 2.05) is 25.1 Å². The largest absolute Gasteiger partial charge is 0.497 e. The first-order valence-electron chi connectivity index (χ1n) is 10.4. The number of methoxy groups -OCH3 is 1. The van der Waals surface area contributed by atoms with E-state index >= 15 is 0 Å². The van der Waals surface area contributed by atoms with Crippen LogP contribution in [0.15, 0.2) is 18.2 Å². The summed E-state index contributed by atoms with van der Waals surface area (Å²) < 4.78 is 5.35. The van der Waals surface area contributed by atoms with E-state index < -0.39 is 0 Å². The summed E-state index contributed by atoms with van der Waals surface area (Å²) in [5.41, 5.74) is 1.85. The number of carbonyl (C=O) groups is 1. The van der Waals surface area contributed by atoms with Crippen molar-refractivity contribution in [1.82, 2.24) is 14.9 Å². The van der Waals surface area contributed by atoms with Crippen LogP contribution in [0.2, 0.25) is 0 Å². The van der Waals surface area contributed by atoms with Crippen LogP contribution in [-0.2, 0) is 4.79 Å². The normalized spacial score (nSPS) is 23.1. The Morgan fingerprint density at radius 2 is 2.00 bits per heavy atom. The van der Waals surface area contributed by atoms with E-state index in [9.17, 15) is 4.79 Å². The lowest BCUT2D eigenvalue weighted by Gasteiger charge is -2.39. The monoisotopic (exact) mass is 382 g/mol. The van der Waals surface area contributed by atoms with E-state index in [0.29, 0.717) is 18.5 Å². The first kappa shape index (κ1) is 19.0. The standard InChI is InChI=1S/C22H30N4O2/c1-15-7-4-5-12-26(15)21(27)17-8-6-11-25(14-17)22-23-16(2)19-10-9-18(28-3)13-20(19)24-22/h9-10,13,15,17H,4-8,11-12,14H2,1-3H3/t15-,17+/m0/s1. The molecule has 2 aromatic rings. The van der Waals surface area contributed by atoms with Gasteiger partial charge in [0, 0.05) is 37.1 Å². The molecule has 4 rings (SSSR count). The third-order valence-corrected chi connectivity index (χ3v) is 6.22. The molecular weight excluding hydrogens is 352 g/mol. The predicted octanol–water partition coefficient (Wildman–Crippen LogP) is 3.56. The molecule has 0 saturated carbocycles. The number of hydrogen-bond acceptors (Lipinski definition) is 5. The zero-order valence-corrected chi connectivity index (χ0v) is 17.1. The minimum absolute atomic E-state index is 0.0409. The first-order chi connectivity index (χ1) is 13.6. The molecule has 28 heavy (non-hydrogen) atoms. The summed E-state index contributed by atoms with van der Waals surface area (Å²) in [6.45, 7) is 6.70. The van der Waals surface area contributed by atoms with Crippen molar-refractivity contribution >= 4 is 22.8 Å². The number of amides is 1. The Bertz CT molecular complexity index is 869. The molecular formula is C22H30N4O2. The van der Waals surface area contributed by atoms with E-state index in [-0.39, 0.29) is 5.92 Å². The third-order valence-electron chi connectivity index (χ3n) is 6.22. The number of nitrogens with zero attached hydrogens (tertiary/aromatic N) is 4. The van der Waals surface area contributed by atoms with Crippen molar-refractivity contribution in [1.29, 1.82) is 0 Å². The fourth-order valence-corrected chi connectivity index (χ4v) is 4.54. The Labute approximate surface area is 166 Å². The number of anilines is 1. The van der Waals surface area contributed by atoms with Crippen molar-refractivity contribution in [2.24, 2.45) is 5.92 Å². The highest BCUT2D eigenvalue weighted by molar-refractivity contribution is 5.83. The van der Waals surface area contributed by atoms with Gasteiger partial charge in [-0.25, -0.2) is 9.97 Å². The van der Waals surface area contributed by atoms with Crippen LogP contribution in [0.1, 0.15) is 44.7 Å². The van der Waals surface area contributed by atoms with Crippen molar-refractivity contribution in [2.45, 2.75) is 52.0 Å². The minimum Gasteiger partial charge on any atom is -0.497 e. The molecule has 150 valence electrons. The van der Waals surface area contributed by atoms with E-state index in [0.717, 1.165) is 67.1 Å². The maximum atomic E-state index is 13.1. The van der Waals surface area contributed by atoms with Crippen LogP contribution in [0.5, 0.6) is 5.75 Å². The Morgan fingerprint density at radius 3 is 2.79 bits per heavy atom. The van der Waals surface area contributed by atoms with E-state index in [1.165, 1.54) is 6.42 Å². The topological polar surface area (TPSA) is 58.6 Å². The average molecular weight is 383 g/mol. The molecule has 2 fully saturated rings. The number of benzene rings is 1. The summed E-state index contributed by atoms with van der Waals surface area (Å²) in [4.78, 5) is 27.0. The molecule has 2 atom stereocenters. The molecule has 3 heterocycles. The Balaban J connectivity index is 1.56. The second-order valence-corrected chi connectivity index (χ2v) is 8.15. The Hall–Kier alpha value is -2.37. The summed E-state index contributed by atoms with van der Waals surface area (Å²) in [5.74, 6) is 1.88. The van der Waals surface area contributed by atoms with Crippen molar-refractivity contribution in [3.05, 3.63) is 23.9 Å². The highest BCUT2D eigenvalue weighted by Crippen LogP contribution is 2.28. The molecule has 6 heteroatoms. The number of fused-ring (bicyclic) bond motifs is 1. The summed E-state index contributed by atoms with van der Waals surface area (Å²) in [5, 5.41) is 1.04. The lowest BCUT2D eigenvalue weighted by molar-refractivity contribution is -0.139. The number of aromatic nitrogens is 2. The molecule has 0 unspecified atom stereocenters. The number of carbonyl (C=O) groups excluding carboxylic acids is 1. The molecule has 0 bridgehead atoms. The van der Waals surface area contributed by atoms with E-state index in [4.69, 9.17) is 14.7 Å². The van der Waals surface area contributed by atoms with E-state index in [1.54, 1.807) is 7.11 Å². The van der Waals surface area contributed by atoms with Gasteiger partial charge in [-0.2, -0.15) is 0 Å². The molecule has 6 nitrogen and oxygen atoms in total. The van der Waals surface area contributed by atoms with Gasteiger partial charge in [-0.1, -0.05) is 0 Å². The van der Waals surface area contributed by atoms with Gasteiger partial charge in [0.1, 0.15) is 5.75 Å². The van der Waals surface area contributed by atoms with Gasteiger partial charge in [0.05, 0.1) is 24.2 Å². The molecule has 0 spiro atoms. The van der Waals surface area contributed by atoms with Crippen LogP contribution in [0.4, 0.5) is 5.95 Å². The molecule has 2 aliphatic heterocycles. The fraction of sp³-hybridized carbons (Fsp3) is 0.591. The maximum absolute atomic E-state index is 13.1. The van der Waals surface area contributed by atoms with Gasteiger partial charge in [0.25, 0.3) is 0 Å². The summed E-state index contributed by atoms with van der Waals surface area (Å²) in [6, 6.07) is 6.26. The lowest BCUT2D eigenvalue weighted by Crippen LogP contribution is -2.49. The van der Waals surface area contributed by atoms with Gasteiger partial charge in [-0.3, -0.25) is 4.79 Å². The van der Waals surface area contributed by atoms with Crippen molar-refractivity contribution in [3.8, 4) is 5.75 Å². The maximum Gasteiger partial charge on any atom is 0.227 e. The highest BCUT2D eigenvalue weighted by atomic mass is 16.5. The van der Waals surface area contributed by atoms with Gasteiger partial charge in [0.2, 0.25) is 11.9 Å². The Morgan fingerprint density at radius 1 is 1.14 bits per heavy atom. The minimum atomic E-state index is 0.0409. The second kappa shape index (κ2) is 7.94. The van der Waals surface area contributed by atoms with Crippen LogP contribution < -0.4 is 9.64 Å². The van der Waals surface area contributed by atoms with Gasteiger partial charge < -0.3 is 14.5 Å². The van der Waals surface area contributed by atoms with E-state index in [2.05, 4.69) is 16.7 Å². The summed E-state index contributed by atoms with van der Waals surface area (Å²) in [7, 11) is 1.67. The smallest absolute Gasteiger partial charge is 0.227 e. The molecule has 0 aliphatic carbocycles. The zero-order valence-electron chi connectivity index (χ0n) is 17.1. The van der Waals surface area contributed by atoms with Gasteiger partial charge in [-0.05, 0) is 58.1 Å². The SMILES string of the molecule is COc1ccc2c(C)nc(N3CCC[C@@H](C(=O)N4CCCC[C@@H]4C)C3)nc2c1. The quantitative estimate of drug-likeness (QED) is 0.812. The summed E-state index contributed by atoms with van der Waals surface area (Å²) >= 11 is 0. The van der Waals surface area contributed by atoms with Crippen molar-refractivity contribution in [3.63, 3.8) is 0 Å². The van der Waals surface area contributed by atoms with Gasteiger partial charge >= 0.3 is 0 Å². The zero-order chi connectivity index (χ0) is 19.7. The Kier molecular flexibility index (Phi) is 5.38. The molecule has 0 radical (unpaired) electrons. The third kappa shape index (κ3) is 3.64. The number of piperidine rings is 2. The summed E-state index contributed by atoms with van der Waals surface area (Å²) in [6.07, 6.45) is 5.43. The number of likely N-dealkylation sites (tertiary alicyclic amines) is 1. The molecule has 0 N–H and O–H groups in total. The average Bonchev–Trinajstić information content (AvgIpc) is 2.73. The molecule has 2 saturated heterocycles. The molecule has 1 amide bonds. The second-order valence-electron chi connectivity index (χ2n) is 8.15. The van der Waals surface area contributed by atoms with Crippen LogP contribution >= 0.6 is 0 Å². The van der Waals surface area contributed by atoms with Crippen LogP contribution in [-0.4, -0.2) is 53.6 Å². The predicted molar refractivity (Wildman–Crippen MR) is 111 cm³/mol. The van der Waals surface area contributed by atoms with Crippen LogP contribution in [0.3, 0.4) is 0 Å². The molecule has 1 aromatic carbocycles. The first-order valence-corrected chi connectivity index (χ1v) is 10.4. The van der Waals surface area contributed by atoms with Gasteiger partial charge in [0.15, 0.2) is 0 Å². The lowest BCUT2D eigenvalue weighted by atomic mass is 9.94.